The van der Waals surface area contributed by atoms with Crippen LogP contribution in [0.25, 0.3) is 0 Å². The van der Waals surface area contributed by atoms with Crippen molar-refractivity contribution < 1.29 is 24.0 Å². The van der Waals surface area contributed by atoms with Gasteiger partial charge in [-0.3, -0.25) is 9.59 Å². The Morgan fingerprint density at radius 2 is 1.93 bits per heavy atom. The Morgan fingerprint density at radius 3 is 2.36 bits per heavy atom. The third kappa shape index (κ3) is 7.40. The molecule has 0 saturated carbocycles. The van der Waals surface area contributed by atoms with E-state index in [2.05, 4.69) is 16.2 Å². The molecule has 0 aromatic rings. The molecule has 6 nitrogen and oxygen atoms in total. The predicted octanol–water partition coefficient (Wildman–Crippen LogP) is -1.34. The Morgan fingerprint density at radius 1 is 1.36 bits per heavy atom. The monoisotopic (exact) mass is 195 g/mol. The molecule has 7 heteroatoms. The number of carbonyl (C=O) groups is 3. The SMILES string of the molecule is C=CC(=O)NOC(=O)CC(=O)OC.[LiH]. The predicted molar refractivity (Wildman–Crippen MR) is 48.2 cm³/mol. The van der Waals surface area contributed by atoms with Crippen LogP contribution in [-0.4, -0.2) is 43.8 Å². The summed E-state index contributed by atoms with van der Waals surface area (Å²) in [6.45, 7) is 3.12. The zero-order chi connectivity index (χ0) is 10.3. The number of rotatable bonds is 3. The first-order valence-corrected chi connectivity index (χ1v) is 3.29. The second-order valence-corrected chi connectivity index (χ2v) is 1.90. The number of hydrogen-bond donors (Lipinski definition) is 1. The van der Waals surface area contributed by atoms with Crippen molar-refractivity contribution in [2.24, 2.45) is 0 Å². The molecule has 0 atom stereocenters. The van der Waals surface area contributed by atoms with Gasteiger partial charge in [0.1, 0.15) is 6.42 Å². The average molecular weight is 195 g/mol. The van der Waals surface area contributed by atoms with Gasteiger partial charge in [-0.2, -0.15) is 5.48 Å². The molecule has 0 spiro atoms. The van der Waals surface area contributed by atoms with Crippen LogP contribution in [0.1, 0.15) is 6.42 Å². The summed E-state index contributed by atoms with van der Waals surface area (Å²) in [7, 11) is 1.14. The molecule has 0 aromatic carbocycles. The van der Waals surface area contributed by atoms with Gasteiger partial charge in [-0.15, -0.1) is 0 Å². The van der Waals surface area contributed by atoms with Crippen LogP contribution in [0.5, 0.6) is 0 Å². The number of carbonyl (C=O) groups excluding carboxylic acids is 3. The number of nitrogens with one attached hydrogen (secondary N) is 1. The zero-order valence-electron chi connectivity index (χ0n) is 7.03. The van der Waals surface area contributed by atoms with E-state index in [9.17, 15) is 14.4 Å². The standard InChI is InChI=1S/C7H9NO5.Li.H/c1-3-5(9)8-13-7(11)4-6(10)12-2;;/h3H,1,4H2,2H3,(H,8,9);;. The van der Waals surface area contributed by atoms with Gasteiger partial charge in [-0.25, -0.2) is 4.79 Å². The molecule has 1 amide bonds. The Kier molecular flexibility index (Phi) is 9.08. The molecule has 0 unspecified atom stereocenters. The molecule has 0 aliphatic rings. The van der Waals surface area contributed by atoms with Crippen LogP contribution in [-0.2, 0) is 24.0 Å². The number of amides is 1. The summed E-state index contributed by atoms with van der Waals surface area (Å²) < 4.78 is 4.18. The number of methoxy groups -OCH3 is 1. The molecular weight excluding hydrogens is 185 g/mol. The number of esters is 1. The van der Waals surface area contributed by atoms with Crippen LogP contribution in [0.15, 0.2) is 12.7 Å². The molecular formula is C7H10LiNO5. The fourth-order valence-electron chi connectivity index (χ4n) is 0.375. The van der Waals surface area contributed by atoms with Crippen LogP contribution < -0.4 is 5.48 Å². The molecule has 0 aliphatic heterocycles. The van der Waals surface area contributed by atoms with Crippen LogP contribution in [0.3, 0.4) is 0 Å². The van der Waals surface area contributed by atoms with Crippen LogP contribution >= 0.6 is 0 Å². The summed E-state index contributed by atoms with van der Waals surface area (Å²) in [6, 6.07) is 0. The van der Waals surface area contributed by atoms with Crippen molar-refractivity contribution >= 4 is 36.7 Å². The minimum atomic E-state index is -0.901. The average Bonchev–Trinajstić information content (AvgIpc) is 2.13. The first-order valence-electron chi connectivity index (χ1n) is 3.29. The fourth-order valence-corrected chi connectivity index (χ4v) is 0.375. The van der Waals surface area contributed by atoms with Crippen molar-refractivity contribution in [3.63, 3.8) is 0 Å². The summed E-state index contributed by atoms with van der Waals surface area (Å²) in [4.78, 5) is 35.7. The molecule has 74 valence electrons. The Bertz CT molecular complexity index is 240. The molecule has 14 heavy (non-hydrogen) atoms. The molecule has 0 heterocycles. The van der Waals surface area contributed by atoms with E-state index in [1.165, 1.54) is 0 Å². The van der Waals surface area contributed by atoms with E-state index in [4.69, 9.17) is 0 Å². The molecule has 1 N–H and O–H groups in total. The normalized spacial score (nSPS) is 7.79. The summed E-state index contributed by atoms with van der Waals surface area (Å²) in [6.07, 6.45) is 0.374. The molecule has 0 saturated heterocycles. The zero-order valence-corrected chi connectivity index (χ0v) is 7.03. The van der Waals surface area contributed by atoms with Gasteiger partial charge in [-0.1, -0.05) is 6.58 Å². The van der Waals surface area contributed by atoms with E-state index in [1.807, 2.05) is 0 Å². The van der Waals surface area contributed by atoms with Gasteiger partial charge in [0.25, 0.3) is 5.91 Å². The summed E-state index contributed by atoms with van der Waals surface area (Å²) in [5.74, 6) is -2.31. The Labute approximate surface area is 92.8 Å². The van der Waals surface area contributed by atoms with E-state index in [0.717, 1.165) is 13.2 Å². The van der Waals surface area contributed by atoms with Crippen molar-refractivity contribution in [2.45, 2.75) is 6.42 Å². The van der Waals surface area contributed by atoms with Crippen molar-refractivity contribution in [2.75, 3.05) is 7.11 Å². The van der Waals surface area contributed by atoms with Gasteiger partial charge in [0.15, 0.2) is 0 Å². The Balaban J connectivity index is 0. The van der Waals surface area contributed by atoms with E-state index in [1.54, 1.807) is 5.48 Å². The molecule has 0 bridgehead atoms. The second-order valence-electron chi connectivity index (χ2n) is 1.90. The van der Waals surface area contributed by atoms with Gasteiger partial charge in [0, 0.05) is 0 Å². The minimum absolute atomic E-state index is 0. The van der Waals surface area contributed by atoms with Gasteiger partial charge in [0.2, 0.25) is 0 Å². The van der Waals surface area contributed by atoms with Gasteiger partial charge in [-0.05, 0) is 6.08 Å². The maximum atomic E-state index is 10.7. The van der Waals surface area contributed by atoms with Crippen molar-refractivity contribution in [1.82, 2.24) is 5.48 Å². The third-order valence-corrected chi connectivity index (χ3v) is 0.967. The van der Waals surface area contributed by atoms with E-state index >= 15 is 0 Å². The van der Waals surface area contributed by atoms with E-state index in [-0.39, 0.29) is 18.9 Å². The van der Waals surface area contributed by atoms with E-state index < -0.39 is 24.3 Å². The molecule has 0 aliphatic carbocycles. The maximum absolute atomic E-state index is 10.7. The van der Waals surface area contributed by atoms with Crippen molar-refractivity contribution in [1.29, 1.82) is 0 Å². The quantitative estimate of drug-likeness (QED) is 0.198. The molecule has 0 fully saturated rings. The molecule has 0 rings (SSSR count). The first-order chi connectivity index (χ1) is 6.10. The topological polar surface area (TPSA) is 81.7 Å². The number of hydrogen-bond acceptors (Lipinski definition) is 5. The number of hydroxylamine groups is 1. The van der Waals surface area contributed by atoms with Gasteiger partial charge >= 0.3 is 30.8 Å². The molecule has 0 radical (unpaired) electrons. The van der Waals surface area contributed by atoms with E-state index in [0.29, 0.717) is 0 Å². The van der Waals surface area contributed by atoms with Gasteiger partial charge < -0.3 is 9.57 Å². The van der Waals surface area contributed by atoms with Crippen LogP contribution in [0.4, 0.5) is 0 Å². The van der Waals surface area contributed by atoms with Crippen molar-refractivity contribution in [3.05, 3.63) is 12.7 Å². The molecule has 0 aromatic heterocycles. The van der Waals surface area contributed by atoms with Crippen LogP contribution in [0, 0.1) is 0 Å². The second kappa shape index (κ2) is 8.35. The van der Waals surface area contributed by atoms with Gasteiger partial charge in [0.05, 0.1) is 7.11 Å². The summed E-state index contributed by atoms with van der Waals surface area (Å²) in [5.41, 5.74) is 1.75. The first kappa shape index (κ1) is 15.2. The van der Waals surface area contributed by atoms with Crippen molar-refractivity contribution in [3.8, 4) is 0 Å². The summed E-state index contributed by atoms with van der Waals surface area (Å²) in [5, 5.41) is 0. The van der Waals surface area contributed by atoms with Crippen LogP contribution in [0.2, 0.25) is 0 Å². The summed E-state index contributed by atoms with van der Waals surface area (Å²) >= 11 is 0. The fraction of sp³-hybridized carbons (Fsp3) is 0.286. The Hall–Kier alpha value is -1.25. The number of ether oxygens (including phenoxy) is 1. The third-order valence-electron chi connectivity index (χ3n) is 0.967.